The molecular weight excluding hydrogens is 304 g/mol. The third kappa shape index (κ3) is 6.60. The molecule has 0 fully saturated rings. The molecule has 1 aromatic carbocycles. The molecule has 5 heteroatoms. The Kier molecular flexibility index (Phi) is 6.81. The maximum atomic E-state index is 12.6. The molecule has 2 amide bonds. The maximum Gasteiger partial charge on any atom is 0.408 e. The lowest BCUT2D eigenvalue weighted by molar-refractivity contribution is -0.124. The van der Waals surface area contributed by atoms with Crippen LogP contribution < -0.4 is 10.6 Å². The van der Waals surface area contributed by atoms with Crippen molar-refractivity contribution >= 4 is 12.0 Å². The van der Waals surface area contributed by atoms with Crippen molar-refractivity contribution in [3.05, 3.63) is 35.4 Å². The summed E-state index contributed by atoms with van der Waals surface area (Å²) >= 11 is 0. The molecule has 0 heterocycles. The highest BCUT2D eigenvalue weighted by Gasteiger charge is 2.27. The first kappa shape index (κ1) is 20.0. The maximum absolute atomic E-state index is 12.6. The first-order valence-corrected chi connectivity index (χ1v) is 8.36. The average molecular weight is 334 g/mol. The van der Waals surface area contributed by atoms with Gasteiger partial charge in [0.15, 0.2) is 0 Å². The molecule has 0 aliphatic heterocycles. The van der Waals surface area contributed by atoms with Crippen LogP contribution in [0.5, 0.6) is 0 Å². The monoisotopic (exact) mass is 334 g/mol. The predicted octanol–water partition coefficient (Wildman–Crippen LogP) is 3.72. The lowest BCUT2D eigenvalue weighted by Crippen LogP contribution is -2.51. The highest BCUT2D eigenvalue weighted by atomic mass is 16.6. The number of amides is 2. The van der Waals surface area contributed by atoms with Crippen molar-refractivity contribution in [2.24, 2.45) is 5.92 Å². The molecule has 0 saturated heterocycles. The first-order chi connectivity index (χ1) is 11.0. The second kappa shape index (κ2) is 8.18. The molecule has 24 heavy (non-hydrogen) atoms. The van der Waals surface area contributed by atoms with Crippen molar-refractivity contribution in [2.75, 3.05) is 0 Å². The summed E-state index contributed by atoms with van der Waals surface area (Å²) in [6, 6.07) is 7.22. The first-order valence-electron chi connectivity index (χ1n) is 8.36. The molecule has 1 aromatic rings. The minimum Gasteiger partial charge on any atom is -0.444 e. The summed E-state index contributed by atoms with van der Waals surface area (Å²) in [5, 5.41) is 5.62. The molecule has 2 N–H and O–H groups in total. The summed E-state index contributed by atoms with van der Waals surface area (Å²) in [5.74, 6) is -0.272. The van der Waals surface area contributed by atoms with Crippen molar-refractivity contribution in [2.45, 2.75) is 66.2 Å². The van der Waals surface area contributed by atoms with Crippen molar-refractivity contribution in [1.29, 1.82) is 0 Å². The fourth-order valence-corrected chi connectivity index (χ4v) is 2.21. The molecule has 2 unspecified atom stereocenters. The van der Waals surface area contributed by atoms with E-state index in [9.17, 15) is 9.59 Å². The van der Waals surface area contributed by atoms with Crippen molar-refractivity contribution in [3.63, 3.8) is 0 Å². The summed E-state index contributed by atoms with van der Waals surface area (Å²) < 4.78 is 5.24. The minimum atomic E-state index is -0.646. The van der Waals surface area contributed by atoms with E-state index in [4.69, 9.17) is 4.74 Å². The van der Waals surface area contributed by atoms with E-state index in [1.807, 2.05) is 52.0 Å². The van der Waals surface area contributed by atoms with E-state index in [-0.39, 0.29) is 17.9 Å². The normalized spacial score (nSPS) is 14.0. The average Bonchev–Trinajstić information content (AvgIpc) is 2.43. The molecule has 0 aliphatic rings. The van der Waals surface area contributed by atoms with E-state index in [0.717, 1.165) is 5.56 Å². The summed E-state index contributed by atoms with van der Waals surface area (Å²) in [7, 11) is 0. The number of alkyl carbamates (subject to hydrolysis) is 1. The zero-order valence-corrected chi connectivity index (χ0v) is 15.8. The highest BCUT2D eigenvalue weighted by Crippen LogP contribution is 2.14. The Morgan fingerprint density at radius 1 is 1.00 bits per heavy atom. The smallest absolute Gasteiger partial charge is 0.408 e. The van der Waals surface area contributed by atoms with Crippen molar-refractivity contribution in [1.82, 2.24) is 10.6 Å². The van der Waals surface area contributed by atoms with E-state index >= 15 is 0 Å². The second-order valence-corrected chi connectivity index (χ2v) is 7.51. The molecule has 0 aromatic heterocycles. The third-order valence-corrected chi connectivity index (χ3v) is 3.56. The molecule has 0 spiro atoms. The van der Waals surface area contributed by atoms with E-state index in [0.29, 0.717) is 0 Å². The quantitative estimate of drug-likeness (QED) is 0.862. The van der Waals surface area contributed by atoms with E-state index in [1.165, 1.54) is 5.56 Å². The number of carbonyl (C=O) groups excluding carboxylic acids is 2. The third-order valence-electron chi connectivity index (χ3n) is 3.56. The molecular formula is C19H30N2O3. The van der Waals surface area contributed by atoms with Crippen LogP contribution in [0, 0.1) is 12.8 Å². The van der Waals surface area contributed by atoms with Gasteiger partial charge < -0.3 is 15.4 Å². The number of benzene rings is 1. The zero-order valence-electron chi connectivity index (χ0n) is 15.8. The summed E-state index contributed by atoms with van der Waals surface area (Å²) in [6.07, 6.45) is -0.584. The molecule has 0 bridgehead atoms. The standard InChI is InChI=1S/C19H30N2O3/c1-12(2)16(21-18(23)24-19(5,6)7)17(22)20-14(4)15-10-8-13(3)9-11-15/h8-12,14,16H,1-7H3,(H,20,22)(H,21,23). The van der Waals surface area contributed by atoms with Gasteiger partial charge in [-0.25, -0.2) is 4.79 Å². The predicted molar refractivity (Wildman–Crippen MR) is 95.7 cm³/mol. The van der Waals surface area contributed by atoms with Gasteiger partial charge in [-0.3, -0.25) is 4.79 Å². The topological polar surface area (TPSA) is 67.4 Å². The van der Waals surface area contributed by atoms with E-state index in [2.05, 4.69) is 10.6 Å². The van der Waals surface area contributed by atoms with Gasteiger partial charge in [0.05, 0.1) is 6.04 Å². The van der Waals surface area contributed by atoms with Gasteiger partial charge in [-0.1, -0.05) is 43.7 Å². The van der Waals surface area contributed by atoms with Gasteiger partial charge in [-0.15, -0.1) is 0 Å². The molecule has 0 aliphatic carbocycles. The van der Waals surface area contributed by atoms with Crippen LogP contribution in [0.3, 0.4) is 0 Å². The molecule has 134 valence electrons. The van der Waals surface area contributed by atoms with Crippen molar-refractivity contribution in [3.8, 4) is 0 Å². The number of hydrogen-bond acceptors (Lipinski definition) is 3. The largest absolute Gasteiger partial charge is 0.444 e. The Bertz CT molecular complexity index is 559. The SMILES string of the molecule is Cc1ccc(C(C)NC(=O)C(NC(=O)OC(C)(C)C)C(C)C)cc1. The highest BCUT2D eigenvalue weighted by molar-refractivity contribution is 5.86. The number of ether oxygens (including phenoxy) is 1. The molecule has 5 nitrogen and oxygen atoms in total. The minimum absolute atomic E-state index is 0.0530. The number of aryl methyl sites for hydroxylation is 1. The fourth-order valence-electron chi connectivity index (χ4n) is 2.21. The van der Waals surface area contributed by atoms with Gasteiger partial charge in [0.2, 0.25) is 5.91 Å². The number of hydrogen-bond donors (Lipinski definition) is 2. The lowest BCUT2D eigenvalue weighted by atomic mass is 10.0. The van der Waals surface area contributed by atoms with Crippen LogP contribution in [0.2, 0.25) is 0 Å². The lowest BCUT2D eigenvalue weighted by Gasteiger charge is -2.26. The summed E-state index contributed by atoms with van der Waals surface area (Å²) in [6.45, 7) is 13.1. The van der Waals surface area contributed by atoms with Crippen LogP contribution in [0.15, 0.2) is 24.3 Å². The van der Waals surface area contributed by atoms with Crippen LogP contribution in [0.25, 0.3) is 0 Å². The van der Waals surface area contributed by atoms with E-state index < -0.39 is 17.7 Å². The Hall–Kier alpha value is -2.04. The van der Waals surface area contributed by atoms with E-state index in [1.54, 1.807) is 20.8 Å². The van der Waals surface area contributed by atoms with Crippen LogP contribution in [-0.2, 0) is 9.53 Å². The Morgan fingerprint density at radius 2 is 1.54 bits per heavy atom. The van der Waals surface area contributed by atoms with Gasteiger partial charge in [0, 0.05) is 0 Å². The van der Waals surface area contributed by atoms with Gasteiger partial charge in [0.25, 0.3) is 0 Å². The number of carbonyl (C=O) groups is 2. The van der Waals surface area contributed by atoms with Crippen molar-refractivity contribution < 1.29 is 14.3 Å². The van der Waals surface area contributed by atoms with Gasteiger partial charge in [-0.2, -0.15) is 0 Å². The molecule has 1 rings (SSSR count). The summed E-state index contributed by atoms with van der Waals surface area (Å²) in [5.41, 5.74) is 1.59. The molecule has 0 radical (unpaired) electrons. The van der Waals surface area contributed by atoms with Gasteiger partial charge >= 0.3 is 6.09 Å². The van der Waals surface area contributed by atoms with Crippen LogP contribution in [-0.4, -0.2) is 23.6 Å². The van der Waals surface area contributed by atoms with Crippen LogP contribution in [0.4, 0.5) is 4.79 Å². The van der Waals surface area contributed by atoms with Gasteiger partial charge in [0.1, 0.15) is 11.6 Å². The van der Waals surface area contributed by atoms with Gasteiger partial charge in [-0.05, 0) is 46.1 Å². The van der Waals surface area contributed by atoms with Crippen LogP contribution in [0.1, 0.15) is 58.7 Å². The number of nitrogens with one attached hydrogen (secondary N) is 2. The van der Waals surface area contributed by atoms with Crippen LogP contribution >= 0.6 is 0 Å². The Balaban J connectivity index is 2.72. The summed E-state index contributed by atoms with van der Waals surface area (Å²) in [4.78, 5) is 24.5. The fraction of sp³-hybridized carbons (Fsp3) is 0.579. The number of rotatable bonds is 5. The molecule has 0 saturated carbocycles. The Morgan fingerprint density at radius 3 is 2.00 bits per heavy atom. The second-order valence-electron chi connectivity index (χ2n) is 7.51. The Labute approximate surface area is 145 Å². The molecule has 2 atom stereocenters. The zero-order chi connectivity index (χ0) is 18.5.